The van der Waals surface area contributed by atoms with Crippen LogP contribution in [0, 0.1) is 42.9 Å². The molecule has 280 valence electrons. The van der Waals surface area contributed by atoms with E-state index in [1.54, 1.807) is 66.4 Å². The van der Waals surface area contributed by atoms with Crippen LogP contribution in [0.1, 0.15) is 42.4 Å². The van der Waals surface area contributed by atoms with E-state index >= 15 is 4.79 Å². The summed E-state index contributed by atoms with van der Waals surface area (Å²) >= 11 is 14.3. The minimum absolute atomic E-state index is 0.0685. The van der Waals surface area contributed by atoms with E-state index in [0.717, 1.165) is 31.7 Å². The third kappa shape index (κ3) is 5.02. The molecule has 13 heteroatoms. The van der Waals surface area contributed by atoms with Crippen LogP contribution in [-0.4, -0.2) is 45.6 Å². The van der Waals surface area contributed by atoms with E-state index < -0.39 is 46.8 Å². The molecule has 10 nitrogen and oxygen atoms in total. The van der Waals surface area contributed by atoms with Gasteiger partial charge in [0.15, 0.2) is 0 Å². The number of carbonyl (C=O) groups is 4. The van der Waals surface area contributed by atoms with E-state index in [4.69, 9.17) is 33.0 Å². The summed E-state index contributed by atoms with van der Waals surface area (Å²) < 4.78 is 8.16. The summed E-state index contributed by atoms with van der Waals surface area (Å²) in [6, 6.07) is 17.4. The molecule has 9 rings (SSSR count). The first kappa shape index (κ1) is 35.7. The molecule has 3 fully saturated rings. The number of benzene rings is 3. The fourth-order valence-electron chi connectivity index (χ4n) is 9.66. The summed E-state index contributed by atoms with van der Waals surface area (Å²) in [5, 5.41) is 18.3. The van der Waals surface area contributed by atoms with Gasteiger partial charge in [-0.15, -0.1) is 11.3 Å². The number of halogens is 2. The van der Waals surface area contributed by atoms with Gasteiger partial charge in [0.05, 0.1) is 40.8 Å². The van der Waals surface area contributed by atoms with Crippen molar-refractivity contribution in [3.8, 4) is 22.1 Å². The lowest BCUT2D eigenvalue weighted by molar-refractivity contribution is -0.131. The predicted molar refractivity (Wildman–Crippen MR) is 212 cm³/mol. The molecule has 55 heavy (non-hydrogen) atoms. The molecule has 4 heterocycles. The highest BCUT2D eigenvalue weighted by Gasteiger charge is 2.68. The molecule has 2 aromatic heterocycles. The number of carbonyl (C=O) groups excluding carboxylic acids is 4. The maximum Gasteiger partial charge on any atom is 0.242 e. The summed E-state index contributed by atoms with van der Waals surface area (Å²) in [5.74, 6) is -4.56. The fourth-order valence-corrected chi connectivity index (χ4v) is 11.2. The Morgan fingerprint density at radius 1 is 0.927 bits per heavy atom. The Hall–Kier alpha value is -4.97. The van der Waals surface area contributed by atoms with Crippen molar-refractivity contribution in [1.29, 1.82) is 0 Å². The fraction of sp³-hybridized carbons (Fsp3) is 0.310. The summed E-state index contributed by atoms with van der Waals surface area (Å²) in [6.45, 7) is 5.63. The molecular formula is C42H36Cl2N4O6S. The van der Waals surface area contributed by atoms with Crippen molar-refractivity contribution < 1.29 is 29.0 Å². The van der Waals surface area contributed by atoms with Crippen LogP contribution in [0.4, 0.5) is 11.5 Å². The number of hydrogen-bond acceptors (Lipinski definition) is 8. The van der Waals surface area contributed by atoms with E-state index in [1.807, 2.05) is 38.1 Å². The third-order valence-corrected chi connectivity index (χ3v) is 14.4. The van der Waals surface area contributed by atoms with Gasteiger partial charge in [-0.1, -0.05) is 40.9 Å². The number of nitrogens with zero attached hydrogens (tertiary/aromatic N) is 4. The normalized spacial score (nSPS) is 26.1. The Labute approximate surface area is 330 Å². The predicted octanol–water partition coefficient (Wildman–Crippen LogP) is 8.37. The van der Waals surface area contributed by atoms with Gasteiger partial charge in [0, 0.05) is 39.3 Å². The number of aromatic nitrogens is 2. The van der Waals surface area contributed by atoms with Crippen molar-refractivity contribution in [3.63, 3.8) is 0 Å². The van der Waals surface area contributed by atoms with Gasteiger partial charge in [-0.05, 0) is 105 Å². The minimum atomic E-state index is -1.37. The zero-order chi connectivity index (χ0) is 38.8. The summed E-state index contributed by atoms with van der Waals surface area (Å²) in [6.07, 6.45) is 2.37. The van der Waals surface area contributed by atoms with Crippen molar-refractivity contribution in [2.24, 2.45) is 36.1 Å². The second-order valence-electron chi connectivity index (χ2n) is 15.2. The number of imide groups is 2. The molecule has 2 aliphatic carbocycles. The molecule has 6 atom stereocenters. The van der Waals surface area contributed by atoms with Crippen LogP contribution in [0.25, 0.3) is 20.7 Å². The third-order valence-electron chi connectivity index (χ3n) is 12.4. The second-order valence-corrected chi connectivity index (χ2v) is 17.1. The Kier molecular flexibility index (Phi) is 8.13. The zero-order valence-electron chi connectivity index (χ0n) is 30.6. The van der Waals surface area contributed by atoms with Gasteiger partial charge in [0.2, 0.25) is 23.6 Å². The van der Waals surface area contributed by atoms with Crippen molar-refractivity contribution in [2.45, 2.75) is 39.5 Å². The number of phenols is 1. The van der Waals surface area contributed by atoms with Crippen LogP contribution in [-0.2, 0) is 26.2 Å². The van der Waals surface area contributed by atoms with Crippen molar-refractivity contribution in [1.82, 2.24) is 9.78 Å². The van der Waals surface area contributed by atoms with E-state index in [-0.39, 0.29) is 30.4 Å². The number of hydrogen-bond donors (Lipinski definition) is 1. The molecule has 5 aromatic rings. The number of fused-ring (bicyclic) bond motifs is 5. The van der Waals surface area contributed by atoms with Gasteiger partial charge >= 0.3 is 0 Å². The van der Waals surface area contributed by atoms with Gasteiger partial charge in [0.25, 0.3) is 0 Å². The van der Waals surface area contributed by atoms with Crippen LogP contribution in [0.2, 0.25) is 10.0 Å². The largest absolute Gasteiger partial charge is 0.508 e. The van der Waals surface area contributed by atoms with Gasteiger partial charge in [0.1, 0.15) is 23.0 Å². The Bertz CT molecular complexity index is 2580. The second kappa shape index (κ2) is 12.5. The van der Waals surface area contributed by atoms with Gasteiger partial charge in [-0.3, -0.25) is 23.9 Å². The number of phenolic OH excluding ortho intramolecular Hbond substituents is 1. The van der Waals surface area contributed by atoms with Crippen molar-refractivity contribution in [2.75, 3.05) is 16.9 Å². The van der Waals surface area contributed by atoms with Crippen LogP contribution < -0.4 is 14.5 Å². The highest BCUT2D eigenvalue weighted by atomic mass is 35.5. The first-order valence-corrected chi connectivity index (χ1v) is 19.6. The molecule has 0 radical (unpaired) electrons. The van der Waals surface area contributed by atoms with E-state index in [1.165, 1.54) is 23.0 Å². The molecule has 2 saturated heterocycles. The Morgan fingerprint density at radius 2 is 1.71 bits per heavy atom. The number of anilines is 2. The van der Waals surface area contributed by atoms with Crippen molar-refractivity contribution >= 4 is 79.8 Å². The number of rotatable bonds is 5. The molecule has 1 N–H and O–H groups in total. The van der Waals surface area contributed by atoms with Crippen LogP contribution in [0.3, 0.4) is 0 Å². The number of amides is 4. The lowest BCUT2D eigenvalue weighted by atomic mass is 9.51. The topological polar surface area (TPSA) is 122 Å². The van der Waals surface area contributed by atoms with E-state index in [2.05, 4.69) is 0 Å². The van der Waals surface area contributed by atoms with Gasteiger partial charge in [-0.2, -0.15) is 5.10 Å². The molecule has 3 aromatic carbocycles. The first-order chi connectivity index (χ1) is 26.2. The lowest BCUT2D eigenvalue weighted by Gasteiger charge is -2.49. The van der Waals surface area contributed by atoms with Crippen LogP contribution in [0.15, 0.2) is 72.3 Å². The van der Waals surface area contributed by atoms with Crippen molar-refractivity contribution in [3.05, 3.63) is 99.0 Å². The molecule has 4 aliphatic rings. The lowest BCUT2D eigenvalue weighted by Crippen LogP contribution is -2.49. The zero-order valence-corrected chi connectivity index (χ0v) is 32.9. The van der Waals surface area contributed by atoms with Crippen LogP contribution >= 0.6 is 34.5 Å². The number of methoxy groups -OCH3 is 1. The van der Waals surface area contributed by atoms with E-state index in [0.29, 0.717) is 38.6 Å². The molecule has 0 unspecified atom stereocenters. The standard InChI is InChI=1S/C42H36Cl2N4O6S/c1-19-6-8-22(15-30(19)44)47-38(50)25-11-10-24-27(35(25)40(47)52)17-29-39(51)48(41(53)42(29,3)36(24)28-16-23(54-5)9-12-32(28)49)34-18-31(45-46(34)4)37-20(2)26-14-21(43)7-13-33(26)55-37/h6-10,12-16,18,25,27,29,35-36,49H,11,17H2,1-5H3/t25-,27+,29-,35-,36+,42+/m0/s1. The average Bonchev–Trinajstić information content (AvgIpc) is 3.83. The molecular weight excluding hydrogens is 759 g/mol. The Balaban J connectivity index is 1.16. The first-order valence-electron chi connectivity index (χ1n) is 18.1. The maximum absolute atomic E-state index is 15.2. The smallest absolute Gasteiger partial charge is 0.242 e. The SMILES string of the molecule is COc1ccc(O)c([C@H]2C3=CC[C@@H]4C(=O)N(c5ccc(C)c(Cl)c5)C(=O)[C@@H]4[C@@H]3C[C@H]3C(=O)N(c4cc(-c5sc6ccc(Cl)cc6c5C)nn4C)C(=O)[C@@]23C)c1. The van der Waals surface area contributed by atoms with Gasteiger partial charge in [-0.25, -0.2) is 9.80 Å². The summed E-state index contributed by atoms with van der Waals surface area (Å²) in [4.78, 5) is 61.9. The number of aromatic hydroxyl groups is 1. The highest BCUT2D eigenvalue weighted by Crippen LogP contribution is 2.65. The van der Waals surface area contributed by atoms with E-state index in [9.17, 15) is 19.5 Å². The van der Waals surface area contributed by atoms with Gasteiger partial charge < -0.3 is 9.84 Å². The number of aryl methyl sites for hydroxylation is 3. The monoisotopic (exact) mass is 794 g/mol. The van der Waals surface area contributed by atoms with Crippen LogP contribution in [0.5, 0.6) is 11.5 Å². The highest BCUT2D eigenvalue weighted by molar-refractivity contribution is 7.22. The maximum atomic E-state index is 15.2. The molecule has 2 aliphatic heterocycles. The number of allylic oxidation sites excluding steroid dienone is 2. The molecule has 1 saturated carbocycles. The molecule has 0 spiro atoms. The average molecular weight is 796 g/mol. The summed E-state index contributed by atoms with van der Waals surface area (Å²) in [5.41, 5.74) is 2.60. The number of ether oxygens (including phenoxy) is 1. The summed E-state index contributed by atoms with van der Waals surface area (Å²) in [7, 11) is 3.22. The number of thiophene rings is 1. The quantitative estimate of drug-likeness (QED) is 0.140. The minimum Gasteiger partial charge on any atom is -0.508 e. The Morgan fingerprint density at radius 3 is 2.45 bits per heavy atom. The molecule has 0 bridgehead atoms. The molecule has 4 amide bonds.